The number of halogens is 2. The number of rotatable bonds is 3. The first kappa shape index (κ1) is 20.9. The summed E-state index contributed by atoms with van der Waals surface area (Å²) in [5.41, 5.74) is 0.930. The van der Waals surface area contributed by atoms with E-state index in [2.05, 4.69) is 12.1 Å². The molecule has 0 radical (unpaired) electrons. The van der Waals surface area contributed by atoms with Crippen LogP contribution in [0.15, 0.2) is 78.9 Å². The average Bonchev–Trinajstić information content (AvgIpc) is 3.15. The first-order chi connectivity index (χ1) is 16.0. The topological polar surface area (TPSA) is 67.9 Å². The van der Waals surface area contributed by atoms with E-state index >= 15 is 0 Å². The van der Waals surface area contributed by atoms with Crippen molar-refractivity contribution in [1.82, 2.24) is 0 Å². The summed E-state index contributed by atoms with van der Waals surface area (Å²) < 4.78 is 13.6. The van der Waals surface area contributed by atoms with Crippen LogP contribution >= 0.6 is 11.6 Å². The Morgan fingerprint density at radius 3 is 2.33 bits per heavy atom. The maximum absolute atomic E-state index is 14.0. The molecule has 6 heteroatoms. The maximum Gasteiger partial charge on any atom is 0.185 e. The van der Waals surface area contributed by atoms with Crippen LogP contribution in [0.1, 0.15) is 27.4 Å². The largest absolute Gasteiger partial charge is 0.351 e. The van der Waals surface area contributed by atoms with E-state index in [4.69, 9.17) is 11.6 Å². The molecular weight excluding hydrogens is 437 g/mol. The number of Topliss-reactive ketones (excluding diaryl/α,β-unsaturated/α-hetero) is 1. The lowest BCUT2D eigenvalue weighted by molar-refractivity contribution is 0.0951. The quantitative estimate of drug-likeness (QED) is 0.472. The van der Waals surface area contributed by atoms with E-state index in [9.17, 15) is 19.7 Å². The van der Waals surface area contributed by atoms with Gasteiger partial charge in [0.15, 0.2) is 11.2 Å². The van der Waals surface area contributed by atoms with Crippen LogP contribution in [0, 0.1) is 33.9 Å². The van der Waals surface area contributed by atoms with E-state index in [1.807, 2.05) is 41.3 Å². The Hall–Kier alpha value is -3.93. The van der Waals surface area contributed by atoms with Gasteiger partial charge in [-0.2, -0.15) is 10.5 Å². The fourth-order valence-electron chi connectivity index (χ4n) is 5.09. The second-order valence-electron chi connectivity index (χ2n) is 8.18. The summed E-state index contributed by atoms with van der Waals surface area (Å²) in [6, 6.07) is 22.8. The molecule has 0 saturated carbocycles. The van der Waals surface area contributed by atoms with Crippen molar-refractivity contribution in [2.75, 3.05) is 4.90 Å². The highest BCUT2D eigenvalue weighted by Gasteiger charge is 2.63. The molecule has 0 bridgehead atoms. The van der Waals surface area contributed by atoms with Crippen molar-refractivity contribution in [3.8, 4) is 12.1 Å². The molecule has 33 heavy (non-hydrogen) atoms. The van der Waals surface area contributed by atoms with Crippen molar-refractivity contribution in [3.63, 3.8) is 0 Å². The summed E-state index contributed by atoms with van der Waals surface area (Å²) >= 11 is 6.56. The molecule has 3 aromatic rings. The van der Waals surface area contributed by atoms with E-state index in [1.54, 1.807) is 24.3 Å². The number of para-hydroxylation sites is 1. The summed E-state index contributed by atoms with van der Waals surface area (Å²) in [5.74, 6) is -1.59. The normalized spacial score (nSPS) is 22.1. The molecule has 0 aliphatic carbocycles. The standard InChI is InChI=1S/C27H17ClFN3O/c28-21-7-3-2-6-20(21)24-25(26(33)18-9-12-19(29)13-10-18)32-22-8-4-1-5-17(22)11-14-23(32)27(24,15-30)16-31/h1-14,23-25H/t23-,24+,25-/m1/s1. The van der Waals surface area contributed by atoms with E-state index in [0.717, 1.165) is 11.3 Å². The first-order valence-electron chi connectivity index (χ1n) is 10.4. The number of nitriles is 2. The van der Waals surface area contributed by atoms with Gasteiger partial charge in [0.2, 0.25) is 0 Å². The Balaban J connectivity index is 1.80. The third-order valence-corrected chi connectivity index (χ3v) is 6.90. The highest BCUT2D eigenvalue weighted by Crippen LogP contribution is 2.56. The Bertz CT molecular complexity index is 1360. The van der Waals surface area contributed by atoms with Crippen molar-refractivity contribution < 1.29 is 9.18 Å². The molecule has 0 amide bonds. The first-order valence-corrected chi connectivity index (χ1v) is 10.8. The minimum Gasteiger partial charge on any atom is -0.351 e. The van der Waals surface area contributed by atoms with Crippen molar-refractivity contribution in [1.29, 1.82) is 10.5 Å². The number of anilines is 1. The number of hydrogen-bond acceptors (Lipinski definition) is 4. The van der Waals surface area contributed by atoms with Crippen LogP contribution in [0.25, 0.3) is 6.08 Å². The van der Waals surface area contributed by atoms with Crippen molar-refractivity contribution in [2.24, 2.45) is 5.41 Å². The van der Waals surface area contributed by atoms with Crippen LogP contribution in [-0.4, -0.2) is 17.9 Å². The van der Waals surface area contributed by atoms with E-state index in [-0.39, 0.29) is 5.78 Å². The molecule has 1 saturated heterocycles. The molecule has 2 aliphatic heterocycles. The van der Waals surface area contributed by atoms with E-state index in [0.29, 0.717) is 16.1 Å². The predicted octanol–water partition coefficient (Wildman–Crippen LogP) is 5.76. The molecule has 3 atom stereocenters. The Morgan fingerprint density at radius 1 is 0.970 bits per heavy atom. The lowest BCUT2D eigenvalue weighted by Gasteiger charge is -2.35. The summed E-state index contributed by atoms with van der Waals surface area (Å²) in [4.78, 5) is 15.9. The summed E-state index contributed by atoms with van der Waals surface area (Å²) in [7, 11) is 0. The highest BCUT2D eigenvalue weighted by molar-refractivity contribution is 6.31. The average molecular weight is 454 g/mol. The smallest absolute Gasteiger partial charge is 0.185 e. The molecule has 0 spiro atoms. The second kappa shape index (κ2) is 7.89. The second-order valence-corrected chi connectivity index (χ2v) is 8.59. The molecule has 2 aliphatic rings. The van der Waals surface area contributed by atoms with Gasteiger partial charge in [0.1, 0.15) is 11.9 Å². The zero-order chi connectivity index (χ0) is 23.2. The van der Waals surface area contributed by atoms with Gasteiger partial charge >= 0.3 is 0 Å². The fraction of sp³-hybridized carbons (Fsp3) is 0.148. The molecule has 160 valence electrons. The summed E-state index contributed by atoms with van der Waals surface area (Å²) in [6.07, 6.45) is 3.70. The van der Waals surface area contributed by atoms with Crippen LogP contribution in [0.2, 0.25) is 5.02 Å². The number of fused-ring (bicyclic) bond motifs is 3. The minimum absolute atomic E-state index is 0.302. The summed E-state index contributed by atoms with van der Waals surface area (Å²) in [5, 5.41) is 21.2. The zero-order valence-corrected chi connectivity index (χ0v) is 18.1. The Labute approximate surface area is 195 Å². The highest BCUT2D eigenvalue weighted by atomic mass is 35.5. The van der Waals surface area contributed by atoms with E-state index < -0.39 is 29.2 Å². The molecular formula is C27H17ClFN3O. The SMILES string of the molecule is N#CC1(C#N)[C@@H](c2ccccc2Cl)[C@H](C(=O)c2ccc(F)cc2)N2c3ccccc3C=C[C@@H]21. The molecule has 4 nitrogen and oxygen atoms in total. The van der Waals surface area contributed by atoms with Gasteiger partial charge in [-0.05, 0) is 47.5 Å². The minimum atomic E-state index is -1.57. The predicted molar refractivity (Wildman–Crippen MR) is 124 cm³/mol. The van der Waals surface area contributed by atoms with Crippen LogP contribution in [-0.2, 0) is 0 Å². The number of ketones is 1. The lowest BCUT2D eigenvalue weighted by atomic mass is 9.69. The molecule has 0 N–H and O–H groups in total. The van der Waals surface area contributed by atoms with Crippen molar-refractivity contribution >= 4 is 29.1 Å². The fourth-order valence-corrected chi connectivity index (χ4v) is 5.34. The number of carbonyl (C=O) groups excluding carboxylic acids is 1. The van der Waals surface area contributed by atoms with Gasteiger partial charge in [-0.15, -0.1) is 0 Å². The Kier molecular flexibility index (Phi) is 5.01. The number of nitrogens with zero attached hydrogens (tertiary/aromatic N) is 3. The van der Waals surface area contributed by atoms with Crippen LogP contribution in [0.5, 0.6) is 0 Å². The van der Waals surface area contributed by atoms with Gasteiger partial charge < -0.3 is 4.90 Å². The van der Waals surface area contributed by atoms with Crippen LogP contribution < -0.4 is 4.90 Å². The van der Waals surface area contributed by atoms with Crippen LogP contribution in [0.4, 0.5) is 10.1 Å². The van der Waals surface area contributed by atoms with Gasteiger partial charge in [-0.25, -0.2) is 4.39 Å². The zero-order valence-electron chi connectivity index (χ0n) is 17.3. The Morgan fingerprint density at radius 2 is 1.64 bits per heavy atom. The van der Waals surface area contributed by atoms with Gasteiger partial charge in [0.25, 0.3) is 0 Å². The molecule has 0 aromatic heterocycles. The van der Waals surface area contributed by atoms with Crippen LogP contribution in [0.3, 0.4) is 0 Å². The lowest BCUT2D eigenvalue weighted by Crippen LogP contribution is -2.44. The monoisotopic (exact) mass is 453 g/mol. The third-order valence-electron chi connectivity index (χ3n) is 6.55. The molecule has 3 aromatic carbocycles. The molecule has 2 heterocycles. The van der Waals surface area contributed by atoms with Gasteiger partial charge in [-0.1, -0.05) is 60.2 Å². The van der Waals surface area contributed by atoms with Gasteiger partial charge in [0, 0.05) is 22.2 Å². The van der Waals surface area contributed by atoms with E-state index in [1.165, 1.54) is 24.3 Å². The number of benzene rings is 3. The summed E-state index contributed by atoms with van der Waals surface area (Å²) in [6.45, 7) is 0. The number of hydrogen-bond donors (Lipinski definition) is 0. The maximum atomic E-state index is 14.0. The van der Waals surface area contributed by atoms with Gasteiger partial charge in [0.05, 0.1) is 18.2 Å². The number of carbonyl (C=O) groups is 1. The van der Waals surface area contributed by atoms with Gasteiger partial charge in [-0.3, -0.25) is 4.79 Å². The molecule has 1 fully saturated rings. The molecule has 0 unspecified atom stereocenters. The van der Waals surface area contributed by atoms with Crippen molar-refractivity contribution in [2.45, 2.75) is 18.0 Å². The van der Waals surface area contributed by atoms with Crippen molar-refractivity contribution in [3.05, 3.63) is 106 Å². The molecule has 5 rings (SSSR count). The third kappa shape index (κ3) is 3.05.